The quantitative estimate of drug-likeness (QED) is 0.756. The van der Waals surface area contributed by atoms with E-state index in [9.17, 15) is 9.90 Å². The molecule has 6 nitrogen and oxygen atoms in total. The molecule has 1 amide bonds. The van der Waals surface area contributed by atoms with Gasteiger partial charge in [0, 0.05) is 43.1 Å². The first-order valence-corrected chi connectivity index (χ1v) is 10.2. The van der Waals surface area contributed by atoms with Crippen LogP contribution in [0.1, 0.15) is 42.6 Å². The third kappa shape index (κ3) is 4.62. The summed E-state index contributed by atoms with van der Waals surface area (Å²) >= 11 is 0. The number of nitrogens with zero attached hydrogens (tertiary/aromatic N) is 2. The SMILES string of the molecule is O=C(NC1CCN(CCN2CCCCC2)CC1)c1cc2cc(O)ccc2[nH]1. The van der Waals surface area contributed by atoms with Crippen LogP contribution in [-0.4, -0.2) is 71.1 Å². The first kappa shape index (κ1) is 18.3. The number of aromatic nitrogens is 1. The molecule has 146 valence electrons. The molecular formula is C21H30N4O2. The Morgan fingerprint density at radius 1 is 1.04 bits per heavy atom. The molecule has 2 saturated heterocycles. The molecule has 27 heavy (non-hydrogen) atoms. The van der Waals surface area contributed by atoms with Gasteiger partial charge < -0.3 is 25.2 Å². The summed E-state index contributed by atoms with van der Waals surface area (Å²) in [5.74, 6) is 0.155. The Hall–Kier alpha value is -2.05. The number of piperidine rings is 2. The van der Waals surface area contributed by atoms with Crippen LogP contribution in [-0.2, 0) is 0 Å². The maximum absolute atomic E-state index is 12.6. The fraction of sp³-hybridized carbons (Fsp3) is 0.571. The van der Waals surface area contributed by atoms with Gasteiger partial charge >= 0.3 is 0 Å². The lowest BCUT2D eigenvalue weighted by atomic mass is 10.0. The Morgan fingerprint density at radius 3 is 2.48 bits per heavy atom. The molecule has 0 bridgehead atoms. The molecule has 0 radical (unpaired) electrons. The van der Waals surface area contributed by atoms with Gasteiger partial charge in [0.2, 0.25) is 0 Å². The van der Waals surface area contributed by atoms with Crippen molar-refractivity contribution in [1.29, 1.82) is 0 Å². The van der Waals surface area contributed by atoms with E-state index in [2.05, 4.69) is 20.1 Å². The summed E-state index contributed by atoms with van der Waals surface area (Å²) in [6.07, 6.45) is 6.10. The molecule has 2 aliphatic rings. The minimum absolute atomic E-state index is 0.0579. The molecule has 6 heteroatoms. The van der Waals surface area contributed by atoms with E-state index in [1.807, 2.05) is 0 Å². The highest BCUT2D eigenvalue weighted by Gasteiger charge is 2.22. The second kappa shape index (κ2) is 8.31. The molecule has 4 rings (SSSR count). The first-order valence-electron chi connectivity index (χ1n) is 10.2. The lowest BCUT2D eigenvalue weighted by molar-refractivity contribution is 0.0901. The van der Waals surface area contributed by atoms with Crippen molar-refractivity contribution in [3.8, 4) is 5.75 Å². The van der Waals surface area contributed by atoms with Gasteiger partial charge in [0.1, 0.15) is 11.4 Å². The van der Waals surface area contributed by atoms with E-state index < -0.39 is 0 Å². The second-order valence-corrected chi connectivity index (χ2v) is 7.95. The van der Waals surface area contributed by atoms with E-state index >= 15 is 0 Å². The summed E-state index contributed by atoms with van der Waals surface area (Å²) in [7, 11) is 0. The third-order valence-corrected chi connectivity index (χ3v) is 5.95. The average molecular weight is 370 g/mol. The summed E-state index contributed by atoms with van der Waals surface area (Å²) < 4.78 is 0. The van der Waals surface area contributed by atoms with Crippen LogP contribution in [0.3, 0.4) is 0 Å². The highest BCUT2D eigenvalue weighted by molar-refractivity contribution is 5.98. The summed E-state index contributed by atoms with van der Waals surface area (Å²) in [6.45, 7) is 6.95. The number of phenolic OH excluding ortho intramolecular Hbond substituents is 1. The van der Waals surface area contributed by atoms with E-state index in [1.54, 1.807) is 24.3 Å². The van der Waals surface area contributed by atoms with Gasteiger partial charge in [-0.05, 0) is 63.0 Å². The number of likely N-dealkylation sites (tertiary alicyclic amines) is 2. The highest BCUT2D eigenvalue weighted by Crippen LogP contribution is 2.21. The summed E-state index contributed by atoms with van der Waals surface area (Å²) in [5, 5.41) is 13.6. The molecule has 1 aromatic carbocycles. The largest absolute Gasteiger partial charge is 0.508 e. The van der Waals surface area contributed by atoms with Crippen LogP contribution >= 0.6 is 0 Å². The Balaban J connectivity index is 1.24. The van der Waals surface area contributed by atoms with Crippen LogP contribution in [0.2, 0.25) is 0 Å². The van der Waals surface area contributed by atoms with Crippen LogP contribution in [0.25, 0.3) is 10.9 Å². The fourth-order valence-corrected chi connectivity index (χ4v) is 4.27. The molecule has 1 aromatic heterocycles. The highest BCUT2D eigenvalue weighted by atomic mass is 16.3. The summed E-state index contributed by atoms with van der Waals surface area (Å²) in [6, 6.07) is 7.13. The van der Waals surface area contributed by atoms with Gasteiger partial charge in [-0.25, -0.2) is 0 Å². The molecule has 0 atom stereocenters. The zero-order valence-electron chi connectivity index (χ0n) is 15.9. The monoisotopic (exact) mass is 370 g/mol. The maximum Gasteiger partial charge on any atom is 0.267 e. The number of nitrogens with one attached hydrogen (secondary N) is 2. The number of carbonyl (C=O) groups excluding carboxylic acids is 1. The summed E-state index contributed by atoms with van der Waals surface area (Å²) in [4.78, 5) is 20.8. The van der Waals surface area contributed by atoms with Gasteiger partial charge in [0.15, 0.2) is 0 Å². The van der Waals surface area contributed by atoms with E-state index in [-0.39, 0.29) is 17.7 Å². The Bertz CT molecular complexity index is 774. The van der Waals surface area contributed by atoms with E-state index in [1.165, 1.54) is 38.9 Å². The van der Waals surface area contributed by atoms with Gasteiger partial charge in [-0.15, -0.1) is 0 Å². The molecule has 0 aliphatic carbocycles. The lowest BCUT2D eigenvalue weighted by Crippen LogP contribution is -2.46. The minimum atomic E-state index is -0.0579. The number of hydrogen-bond acceptors (Lipinski definition) is 4. The van der Waals surface area contributed by atoms with Gasteiger partial charge in [-0.1, -0.05) is 6.42 Å². The third-order valence-electron chi connectivity index (χ3n) is 5.95. The maximum atomic E-state index is 12.6. The number of hydrogen-bond donors (Lipinski definition) is 3. The standard InChI is InChI=1S/C21H30N4O2/c26-18-4-5-19-16(14-18)15-20(23-19)21(27)22-17-6-10-25(11-7-17)13-12-24-8-2-1-3-9-24/h4-5,14-15,17,23,26H,1-3,6-13H2,(H,22,27). The number of fused-ring (bicyclic) bond motifs is 1. The van der Waals surface area contributed by atoms with Crippen molar-refractivity contribution in [2.45, 2.75) is 38.1 Å². The number of phenols is 1. The molecule has 3 heterocycles. The average Bonchev–Trinajstić information content (AvgIpc) is 3.11. The van der Waals surface area contributed by atoms with Crippen LogP contribution in [0.4, 0.5) is 0 Å². The Morgan fingerprint density at radius 2 is 1.74 bits per heavy atom. The fourth-order valence-electron chi connectivity index (χ4n) is 4.27. The van der Waals surface area contributed by atoms with Crippen molar-refractivity contribution in [2.75, 3.05) is 39.3 Å². The van der Waals surface area contributed by atoms with Gasteiger partial charge in [0.05, 0.1) is 0 Å². The molecule has 3 N–H and O–H groups in total. The minimum Gasteiger partial charge on any atom is -0.508 e. The van der Waals surface area contributed by atoms with Crippen LogP contribution in [0.5, 0.6) is 5.75 Å². The van der Waals surface area contributed by atoms with Crippen LogP contribution in [0.15, 0.2) is 24.3 Å². The van der Waals surface area contributed by atoms with Crippen molar-refractivity contribution < 1.29 is 9.90 Å². The normalized spacial score (nSPS) is 20.1. The zero-order valence-corrected chi connectivity index (χ0v) is 15.9. The van der Waals surface area contributed by atoms with Crippen molar-refractivity contribution >= 4 is 16.8 Å². The number of benzene rings is 1. The number of aromatic hydroxyl groups is 1. The molecule has 2 aliphatic heterocycles. The smallest absolute Gasteiger partial charge is 0.267 e. The number of rotatable bonds is 5. The predicted molar refractivity (Wildman–Crippen MR) is 107 cm³/mol. The van der Waals surface area contributed by atoms with Crippen molar-refractivity contribution in [1.82, 2.24) is 20.1 Å². The van der Waals surface area contributed by atoms with Gasteiger partial charge in [0.25, 0.3) is 5.91 Å². The van der Waals surface area contributed by atoms with E-state index in [4.69, 9.17) is 0 Å². The zero-order chi connectivity index (χ0) is 18.6. The van der Waals surface area contributed by atoms with E-state index in [0.717, 1.165) is 43.4 Å². The first-order chi connectivity index (χ1) is 13.2. The number of H-pyrrole nitrogens is 1. The predicted octanol–water partition coefficient (Wildman–Crippen LogP) is 2.55. The van der Waals surface area contributed by atoms with Gasteiger partial charge in [-0.3, -0.25) is 4.79 Å². The molecule has 0 saturated carbocycles. The van der Waals surface area contributed by atoms with Crippen molar-refractivity contribution in [3.05, 3.63) is 30.0 Å². The van der Waals surface area contributed by atoms with E-state index in [0.29, 0.717) is 5.69 Å². The van der Waals surface area contributed by atoms with Crippen molar-refractivity contribution in [3.63, 3.8) is 0 Å². The number of aromatic amines is 1. The Kier molecular flexibility index (Phi) is 5.64. The molecule has 0 spiro atoms. The Labute approximate surface area is 160 Å². The summed E-state index contributed by atoms with van der Waals surface area (Å²) in [5.41, 5.74) is 1.42. The van der Waals surface area contributed by atoms with Gasteiger partial charge in [-0.2, -0.15) is 0 Å². The van der Waals surface area contributed by atoms with Crippen LogP contribution < -0.4 is 5.32 Å². The lowest BCUT2D eigenvalue weighted by Gasteiger charge is -2.34. The number of amides is 1. The molecule has 2 fully saturated rings. The molecule has 0 unspecified atom stereocenters. The molecular weight excluding hydrogens is 340 g/mol. The second-order valence-electron chi connectivity index (χ2n) is 7.95. The molecule has 2 aromatic rings. The van der Waals surface area contributed by atoms with Crippen molar-refractivity contribution in [2.24, 2.45) is 0 Å². The topological polar surface area (TPSA) is 71.6 Å². The number of carbonyl (C=O) groups is 1. The van der Waals surface area contributed by atoms with Crippen LogP contribution in [0, 0.1) is 0 Å².